The summed E-state index contributed by atoms with van der Waals surface area (Å²) >= 11 is 0. The Bertz CT molecular complexity index is 618. The van der Waals surface area contributed by atoms with Gasteiger partial charge in [-0.1, -0.05) is 37.3 Å². The van der Waals surface area contributed by atoms with Gasteiger partial charge in [-0.05, 0) is 5.56 Å². The van der Waals surface area contributed by atoms with Crippen molar-refractivity contribution < 1.29 is 39.8 Å². The molecule has 0 aromatic heterocycles. The van der Waals surface area contributed by atoms with Crippen LogP contribution < -0.4 is 0 Å². The van der Waals surface area contributed by atoms with E-state index in [4.69, 9.17) is 9.47 Å². The number of carbonyl (C=O) groups excluding carboxylic acids is 1. The summed E-state index contributed by atoms with van der Waals surface area (Å²) in [7, 11) is 0. The van der Waals surface area contributed by atoms with Crippen LogP contribution in [-0.2, 0) is 20.9 Å². The summed E-state index contributed by atoms with van der Waals surface area (Å²) < 4.78 is 10.0. The minimum Gasteiger partial charge on any atom is -0.457 e. The first-order valence-corrected chi connectivity index (χ1v) is 7.60. The molecule has 7 atom stereocenters. The number of hydrogen-bond acceptors (Lipinski definition) is 8. The number of aliphatic hydroxyl groups excluding tert-OH is 3. The second kappa shape index (κ2) is 5.76. The predicted octanol–water partition coefficient (Wildman–Crippen LogP) is -1.72. The van der Waals surface area contributed by atoms with E-state index in [1.54, 1.807) is 30.3 Å². The van der Waals surface area contributed by atoms with Crippen LogP contribution in [0.15, 0.2) is 30.3 Å². The molecule has 1 aromatic carbocycles. The van der Waals surface area contributed by atoms with Crippen LogP contribution in [0.3, 0.4) is 0 Å². The number of benzene rings is 1. The lowest BCUT2D eigenvalue weighted by atomic mass is 9.59. The maximum Gasteiger partial charge on any atom is 0.370 e. The second-order valence-electron chi connectivity index (χ2n) is 6.35. The van der Waals surface area contributed by atoms with Crippen molar-refractivity contribution >= 4 is 5.97 Å². The smallest absolute Gasteiger partial charge is 0.370 e. The van der Waals surface area contributed by atoms with E-state index in [1.807, 2.05) is 0 Å². The molecule has 1 aromatic rings. The normalized spacial score (nSPS) is 44.3. The third kappa shape index (κ3) is 2.26. The molecule has 1 heterocycles. The van der Waals surface area contributed by atoms with Gasteiger partial charge < -0.3 is 35.0 Å². The van der Waals surface area contributed by atoms with Gasteiger partial charge in [0.05, 0.1) is 6.10 Å². The van der Waals surface area contributed by atoms with Gasteiger partial charge in [0.15, 0.2) is 0 Å². The third-order valence-corrected chi connectivity index (χ3v) is 4.99. The standard InChI is InChI=1S/C16H20O8/c1-8-10(17)13-15(8,21)11(18)12(19)16(22,24-13)14(20)23-7-9-5-3-2-4-6-9/h2-6,8,10-13,17-19,21-22H,7H2,1H3/t8?,10?,11-,12-,13-,15+,16+/m1/s1. The number of rotatable bonds is 3. The molecule has 1 aliphatic carbocycles. The molecule has 5 N–H and O–H groups in total. The predicted molar refractivity (Wildman–Crippen MR) is 78.2 cm³/mol. The zero-order valence-electron chi connectivity index (χ0n) is 12.9. The van der Waals surface area contributed by atoms with E-state index < -0.39 is 47.7 Å². The number of fused-ring (bicyclic) bond motifs is 1. The summed E-state index contributed by atoms with van der Waals surface area (Å²) in [5.41, 5.74) is -1.31. The van der Waals surface area contributed by atoms with Crippen molar-refractivity contribution in [3.8, 4) is 0 Å². The highest BCUT2D eigenvalue weighted by molar-refractivity contribution is 5.79. The first kappa shape index (κ1) is 17.3. The molecule has 8 heteroatoms. The van der Waals surface area contributed by atoms with E-state index in [1.165, 1.54) is 6.92 Å². The molecule has 8 nitrogen and oxygen atoms in total. The van der Waals surface area contributed by atoms with E-state index in [0.29, 0.717) is 5.56 Å². The van der Waals surface area contributed by atoms with Crippen LogP contribution in [0, 0.1) is 5.92 Å². The molecular formula is C16H20O8. The number of hydrogen-bond donors (Lipinski definition) is 5. The Morgan fingerprint density at radius 1 is 1.17 bits per heavy atom. The summed E-state index contributed by atoms with van der Waals surface area (Å²) in [5.74, 6) is -4.99. The largest absolute Gasteiger partial charge is 0.457 e. The van der Waals surface area contributed by atoms with Crippen molar-refractivity contribution in [2.24, 2.45) is 5.92 Å². The topological polar surface area (TPSA) is 137 Å². The van der Waals surface area contributed by atoms with Gasteiger partial charge in [-0.3, -0.25) is 0 Å². The maximum absolute atomic E-state index is 12.2. The van der Waals surface area contributed by atoms with E-state index in [9.17, 15) is 30.3 Å². The Hall–Kier alpha value is -1.55. The van der Waals surface area contributed by atoms with E-state index in [-0.39, 0.29) is 6.61 Å². The van der Waals surface area contributed by atoms with Crippen LogP contribution >= 0.6 is 0 Å². The second-order valence-corrected chi connectivity index (χ2v) is 6.35. The van der Waals surface area contributed by atoms with Crippen molar-refractivity contribution in [2.75, 3.05) is 0 Å². The number of aliphatic hydroxyl groups is 5. The molecule has 1 saturated carbocycles. The molecule has 0 bridgehead atoms. The Morgan fingerprint density at radius 3 is 2.42 bits per heavy atom. The van der Waals surface area contributed by atoms with Crippen LogP contribution in [0.25, 0.3) is 0 Å². The highest BCUT2D eigenvalue weighted by Crippen LogP contribution is 2.50. The van der Waals surface area contributed by atoms with Gasteiger partial charge in [0.1, 0.15) is 30.5 Å². The van der Waals surface area contributed by atoms with E-state index >= 15 is 0 Å². The van der Waals surface area contributed by atoms with Crippen molar-refractivity contribution in [3.63, 3.8) is 0 Å². The fraction of sp³-hybridized carbons (Fsp3) is 0.562. The van der Waals surface area contributed by atoms with Crippen LogP contribution in [0.4, 0.5) is 0 Å². The molecule has 2 fully saturated rings. The Balaban J connectivity index is 1.75. The number of ether oxygens (including phenoxy) is 2. The van der Waals surface area contributed by atoms with Crippen molar-refractivity contribution in [1.29, 1.82) is 0 Å². The fourth-order valence-electron chi connectivity index (χ4n) is 3.28. The molecular weight excluding hydrogens is 320 g/mol. The molecule has 24 heavy (non-hydrogen) atoms. The molecule has 0 amide bonds. The average molecular weight is 340 g/mol. The summed E-state index contributed by atoms with van der Waals surface area (Å²) in [6, 6.07) is 8.64. The third-order valence-electron chi connectivity index (χ3n) is 4.99. The molecule has 2 aliphatic rings. The SMILES string of the molecule is CC1C(O)[C@H]2O[C@](O)(C(=O)OCc3ccccc3)[C@H](O)[C@@H](O)[C@@]12O. The Labute approximate surface area is 137 Å². The van der Waals surface area contributed by atoms with Gasteiger partial charge in [-0.15, -0.1) is 0 Å². The zero-order chi connectivity index (χ0) is 17.7. The lowest BCUT2D eigenvalue weighted by molar-refractivity contribution is -0.419. The fourth-order valence-corrected chi connectivity index (χ4v) is 3.28. The van der Waals surface area contributed by atoms with Crippen LogP contribution in [0.1, 0.15) is 12.5 Å². The minimum absolute atomic E-state index is 0.179. The molecule has 3 rings (SSSR count). The Kier molecular flexibility index (Phi) is 4.15. The van der Waals surface area contributed by atoms with Gasteiger partial charge in [0, 0.05) is 5.92 Å². The first-order valence-electron chi connectivity index (χ1n) is 7.60. The summed E-state index contributed by atoms with van der Waals surface area (Å²) in [4.78, 5) is 12.2. The van der Waals surface area contributed by atoms with Gasteiger partial charge >= 0.3 is 5.97 Å². The highest BCUT2D eigenvalue weighted by Gasteiger charge is 2.74. The van der Waals surface area contributed by atoms with E-state index in [0.717, 1.165) is 0 Å². The quantitative estimate of drug-likeness (QED) is 0.410. The van der Waals surface area contributed by atoms with Crippen molar-refractivity contribution in [3.05, 3.63) is 35.9 Å². The lowest BCUT2D eigenvalue weighted by Crippen LogP contribution is -2.84. The highest BCUT2D eigenvalue weighted by atomic mass is 16.7. The molecule has 0 spiro atoms. The van der Waals surface area contributed by atoms with Crippen molar-refractivity contribution in [2.45, 2.75) is 49.3 Å². The van der Waals surface area contributed by atoms with Crippen LogP contribution in [0.2, 0.25) is 0 Å². The maximum atomic E-state index is 12.2. The van der Waals surface area contributed by atoms with Gasteiger partial charge in [-0.2, -0.15) is 0 Å². The number of esters is 1. The van der Waals surface area contributed by atoms with Gasteiger partial charge in [-0.25, -0.2) is 4.79 Å². The van der Waals surface area contributed by atoms with Crippen LogP contribution in [-0.4, -0.2) is 67.3 Å². The minimum atomic E-state index is -2.88. The van der Waals surface area contributed by atoms with E-state index in [2.05, 4.69) is 0 Å². The number of carbonyl (C=O) groups is 1. The molecule has 132 valence electrons. The lowest BCUT2D eigenvalue weighted by Gasteiger charge is -2.62. The van der Waals surface area contributed by atoms with Gasteiger partial charge in [0.25, 0.3) is 5.79 Å². The zero-order valence-corrected chi connectivity index (χ0v) is 12.9. The average Bonchev–Trinajstić information content (AvgIpc) is 2.61. The Morgan fingerprint density at radius 2 is 1.79 bits per heavy atom. The monoisotopic (exact) mass is 340 g/mol. The molecule has 0 radical (unpaired) electrons. The first-order chi connectivity index (χ1) is 11.2. The summed E-state index contributed by atoms with van der Waals surface area (Å²) in [6.07, 6.45) is -6.63. The molecule has 2 unspecified atom stereocenters. The summed E-state index contributed by atoms with van der Waals surface area (Å²) in [5, 5.41) is 50.8. The molecule has 1 aliphatic heterocycles. The van der Waals surface area contributed by atoms with Crippen LogP contribution in [0.5, 0.6) is 0 Å². The van der Waals surface area contributed by atoms with Gasteiger partial charge in [0.2, 0.25) is 0 Å². The van der Waals surface area contributed by atoms with Crippen molar-refractivity contribution in [1.82, 2.24) is 0 Å². The molecule has 1 saturated heterocycles. The summed E-state index contributed by atoms with van der Waals surface area (Å²) in [6.45, 7) is 1.28.